The van der Waals surface area contributed by atoms with Crippen LogP contribution in [0.25, 0.3) is 0 Å². The second kappa shape index (κ2) is 5.27. The van der Waals surface area contributed by atoms with Crippen LogP contribution in [0.5, 0.6) is 0 Å². The largest absolute Gasteiger partial charge is 0.329 e. The van der Waals surface area contributed by atoms with Crippen LogP contribution in [0, 0.1) is 0 Å². The zero-order valence-corrected chi connectivity index (χ0v) is 10.9. The Hall–Kier alpha value is -2.08. The molecule has 0 aliphatic carbocycles. The summed E-state index contributed by atoms with van der Waals surface area (Å²) in [6.45, 7) is 1.31. The van der Waals surface area contributed by atoms with Crippen LogP contribution in [-0.2, 0) is 9.59 Å². The van der Waals surface area contributed by atoms with Gasteiger partial charge in [-0.05, 0) is 19.1 Å². The number of nitrogens with one attached hydrogen (secondary N) is 2. The summed E-state index contributed by atoms with van der Waals surface area (Å²) in [5.74, 6) is -0.921. The van der Waals surface area contributed by atoms with E-state index < -0.39 is 17.3 Å². The third kappa shape index (κ3) is 2.85. The first kappa shape index (κ1) is 13.4. The van der Waals surface area contributed by atoms with E-state index in [0.29, 0.717) is 11.4 Å². The Morgan fingerprint density at radius 1 is 1.42 bits per heavy atom. The Bertz CT molecular complexity index is 545. The van der Waals surface area contributed by atoms with Crippen LogP contribution in [0.4, 0.5) is 16.2 Å². The minimum atomic E-state index is -0.821. The van der Waals surface area contributed by atoms with Gasteiger partial charge in [-0.3, -0.25) is 19.8 Å². The Kier molecular flexibility index (Phi) is 3.71. The summed E-state index contributed by atoms with van der Waals surface area (Å²) in [5, 5.41) is 3.97. The van der Waals surface area contributed by atoms with Crippen LogP contribution in [0.2, 0.25) is 0 Å². The molecule has 0 saturated heterocycles. The van der Waals surface area contributed by atoms with Crippen LogP contribution in [-0.4, -0.2) is 29.8 Å². The molecule has 19 heavy (non-hydrogen) atoms. The van der Waals surface area contributed by atoms with Crippen molar-refractivity contribution in [3.8, 4) is 0 Å². The maximum absolute atomic E-state index is 12.0. The molecular weight excluding hydrogens is 270 g/mol. The quantitative estimate of drug-likeness (QED) is 0.762. The van der Waals surface area contributed by atoms with Gasteiger partial charge in [-0.25, -0.2) is 4.79 Å². The summed E-state index contributed by atoms with van der Waals surface area (Å²) < 4.78 is 0. The zero-order chi connectivity index (χ0) is 14.0. The van der Waals surface area contributed by atoms with Gasteiger partial charge in [-0.15, -0.1) is 11.6 Å². The fourth-order valence-corrected chi connectivity index (χ4v) is 1.74. The van der Waals surface area contributed by atoms with Crippen molar-refractivity contribution < 1.29 is 14.4 Å². The maximum atomic E-state index is 12.0. The van der Waals surface area contributed by atoms with E-state index in [9.17, 15) is 14.4 Å². The number of urea groups is 1. The molecule has 1 atom stereocenters. The normalized spacial score (nSPS) is 15.3. The fourth-order valence-electron chi connectivity index (χ4n) is 1.69. The van der Waals surface area contributed by atoms with Crippen molar-refractivity contribution in [1.82, 2.24) is 5.32 Å². The first-order chi connectivity index (χ1) is 8.99. The molecule has 0 aromatic heterocycles. The molecule has 2 rings (SSSR count). The summed E-state index contributed by atoms with van der Waals surface area (Å²) in [5.41, 5.74) is 1.06. The van der Waals surface area contributed by atoms with Gasteiger partial charge in [0, 0.05) is 0 Å². The topological polar surface area (TPSA) is 78.5 Å². The van der Waals surface area contributed by atoms with Crippen LogP contribution >= 0.6 is 11.6 Å². The SMILES string of the molecule is CC(Cl)C(=O)NC(=O)N1CC(=O)Nc2ccccc21. The molecular formula is C12H12ClN3O3. The number of para-hydroxylation sites is 2. The predicted molar refractivity (Wildman–Crippen MR) is 71.3 cm³/mol. The monoisotopic (exact) mass is 281 g/mol. The molecule has 1 aromatic carbocycles. The minimum Gasteiger partial charge on any atom is -0.323 e. The lowest BCUT2D eigenvalue weighted by atomic mass is 10.2. The Labute approximate surface area is 114 Å². The summed E-state index contributed by atoms with van der Waals surface area (Å²) in [7, 11) is 0. The molecule has 0 spiro atoms. The summed E-state index contributed by atoms with van der Waals surface area (Å²) >= 11 is 5.58. The number of benzene rings is 1. The second-order valence-corrected chi connectivity index (χ2v) is 4.72. The molecule has 0 bridgehead atoms. The molecule has 7 heteroatoms. The predicted octanol–water partition coefficient (Wildman–Crippen LogP) is 1.31. The Morgan fingerprint density at radius 2 is 2.11 bits per heavy atom. The van der Waals surface area contributed by atoms with Crippen molar-refractivity contribution in [2.45, 2.75) is 12.3 Å². The first-order valence-electron chi connectivity index (χ1n) is 5.64. The highest BCUT2D eigenvalue weighted by molar-refractivity contribution is 6.32. The Morgan fingerprint density at radius 3 is 2.79 bits per heavy atom. The van der Waals surface area contributed by atoms with Crippen molar-refractivity contribution in [3.05, 3.63) is 24.3 Å². The second-order valence-electron chi connectivity index (χ2n) is 4.06. The van der Waals surface area contributed by atoms with Crippen molar-refractivity contribution in [3.63, 3.8) is 0 Å². The smallest absolute Gasteiger partial charge is 0.323 e. The molecule has 2 N–H and O–H groups in total. The van der Waals surface area contributed by atoms with Crippen molar-refractivity contribution in [2.24, 2.45) is 0 Å². The standard InChI is InChI=1S/C12H12ClN3O3/c1-7(13)11(18)15-12(19)16-6-10(17)14-8-4-2-3-5-9(8)16/h2-5,7H,6H2,1H3,(H,14,17)(H,15,18,19). The molecule has 1 aromatic rings. The fraction of sp³-hybridized carbons (Fsp3) is 0.250. The van der Waals surface area contributed by atoms with E-state index in [4.69, 9.17) is 11.6 Å². The highest BCUT2D eigenvalue weighted by atomic mass is 35.5. The van der Waals surface area contributed by atoms with Crippen molar-refractivity contribution in [2.75, 3.05) is 16.8 Å². The van der Waals surface area contributed by atoms with Gasteiger partial charge in [0.15, 0.2) is 0 Å². The van der Waals surface area contributed by atoms with E-state index in [0.717, 1.165) is 0 Å². The molecule has 1 heterocycles. The summed E-state index contributed by atoms with van der Waals surface area (Å²) in [6, 6.07) is 6.18. The first-order valence-corrected chi connectivity index (χ1v) is 6.08. The molecule has 0 radical (unpaired) electrons. The van der Waals surface area contributed by atoms with Gasteiger partial charge in [0.2, 0.25) is 11.8 Å². The van der Waals surface area contributed by atoms with Crippen LogP contribution < -0.4 is 15.5 Å². The van der Waals surface area contributed by atoms with E-state index in [1.807, 2.05) is 0 Å². The lowest BCUT2D eigenvalue weighted by Gasteiger charge is -2.28. The molecule has 1 unspecified atom stereocenters. The third-order valence-corrected chi connectivity index (χ3v) is 2.81. The van der Waals surface area contributed by atoms with E-state index in [2.05, 4.69) is 10.6 Å². The number of hydrogen-bond acceptors (Lipinski definition) is 3. The lowest BCUT2D eigenvalue weighted by molar-refractivity contribution is -0.119. The van der Waals surface area contributed by atoms with Gasteiger partial charge < -0.3 is 5.32 Å². The number of halogens is 1. The zero-order valence-electron chi connectivity index (χ0n) is 10.1. The van der Waals surface area contributed by atoms with Gasteiger partial charge in [0.25, 0.3) is 0 Å². The summed E-state index contributed by atoms with van der Waals surface area (Å²) in [6.07, 6.45) is 0. The number of carbonyl (C=O) groups is 3. The van der Waals surface area contributed by atoms with Crippen LogP contribution in [0.1, 0.15) is 6.92 Å². The number of nitrogens with zero attached hydrogens (tertiary/aromatic N) is 1. The average Bonchev–Trinajstić information content (AvgIpc) is 2.37. The van der Waals surface area contributed by atoms with Crippen LogP contribution in [0.3, 0.4) is 0 Å². The third-order valence-electron chi connectivity index (χ3n) is 2.61. The number of amides is 4. The van der Waals surface area contributed by atoms with Gasteiger partial charge in [-0.1, -0.05) is 12.1 Å². The van der Waals surface area contributed by atoms with Crippen molar-refractivity contribution >= 4 is 40.8 Å². The molecule has 4 amide bonds. The van der Waals surface area contributed by atoms with E-state index >= 15 is 0 Å². The molecule has 100 valence electrons. The average molecular weight is 282 g/mol. The number of imide groups is 1. The van der Waals surface area contributed by atoms with Crippen LogP contribution in [0.15, 0.2) is 24.3 Å². The number of anilines is 2. The van der Waals surface area contributed by atoms with Crippen molar-refractivity contribution in [1.29, 1.82) is 0 Å². The highest BCUT2D eigenvalue weighted by Crippen LogP contribution is 2.28. The van der Waals surface area contributed by atoms with E-state index in [-0.39, 0.29) is 12.5 Å². The number of fused-ring (bicyclic) bond motifs is 1. The van der Waals surface area contributed by atoms with Gasteiger partial charge in [-0.2, -0.15) is 0 Å². The number of alkyl halides is 1. The molecule has 0 fully saturated rings. The van der Waals surface area contributed by atoms with E-state index in [1.165, 1.54) is 11.8 Å². The minimum absolute atomic E-state index is 0.146. The molecule has 0 saturated carbocycles. The number of hydrogen-bond donors (Lipinski definition) is 2. The van der Waals surface area contributed by atoms with E-state index in [1.54, 1.807) is 24.3 Å². The van der Waals surface area contributed by atoms with Gasteiger partial charge in [0.1, 0.15) is 11.9 Å². The van der Waals surface area contributed by atoms with Gasteiger partial charge in [0.05, 0.1) is 11.4 Å². The Balaban J connectivity index is 2.23. The maximum Gasteiger partial charge on any atom is 0.329 e. The number of carbonyl (C=O) groups excluding carboxylic acids is 3. The highest BCUT2D eigenvalue weighted by Gasteiger charge is 2.28. The molecule has 1 aliphatic rings. The van der Waals surface area contributed by atoms with Gasteiger partial charge >= 0.3 is 6.03 Å². The molecule has 1 aliphatic heterocycles. The number of rotatable bonds is 1. The molecule has 6 nitrogen and oxygen atoms in total. The lowest BCUT2D eigenvalue weighted by Crippen LogP contribution is -2.49. The summed E-state index contributed by atoms with van der Waals surface area (Å²) in [4.78, 5) is 36.1.